The van der Waals surface area contributed by atoms with E-state index in [1.165, 1.54) is 0 Å². The summed E-state index contributed by atoms with van der Waals surface area (Å²) in [5.41, 5.74) is 0.745. The van der Waals surface area contributed by atoms with E-state index in [-0.39, 0.29) is 12.1 Å². The Morgan fingerprint density at radius 2 is 2.16 bits per heavy atom. The van der Waals surface area contributed by atoms with E-state index in [4.69, 9.17) is 0 Å². The number of urea groups is 1. The minimum absolute atomic E-state index is 0.120. The van der Waals surface area contributed by atoms with Crippen molar-refractivity contribution >= 4 is 27.6 Å². The SMILES string of the molecule is CC[C@H](NC(=O)Nc1ccc(Br)cc1)c1ncc[nH]1. The lowest BCUT2D eigenvalue weighted by Gasteiger charge is -2.15. The largest absolute Gasteiger partial charge is 0.347 e. The molecular formula is C13H15BrN4O. The van der Waals surface area contributed by atoms with Crippen molar-refractivity contribution in [3.05, 3.63) is 47.0 Å². The fourth-order valence-electron chi connectivity index (χ4n) is 1.69. The van der Waals surface area contributed by atoms with Crippen LogP contribution in [-0.2, 0) is 0 Å². The number of amides is 2. The van der Waals surface area contributed by atoms with Crippen molar-refractivity contribution in [2.75, 3.05) is 5.32 Å². The Morgan fingerprint density at radius 1 is 1.42 bits per heavy atom. The predicted octanol–water partition coefficient (Wildman–Crippen LogP) is 3.45. The van der Waals surface area contributed by atoms with E-state index < -0.39 is 0 Å². The summed E-state index contributed by atoms with van der Waals surface area (Å²) in [6.45, 7) is 1.99. The van der Waals surface area contributed by atoms with Crippen molar-refractivity contribution in [2.24, 2.45) is 0 Å². The normalized spacial score (nSPS) is 11.9. The molecule has 6 heteroatoms. The molecule has 2 amide bonds. The molecule has 5 nitrogen and oxygen atoms in total. The van der Waals surface area contributed by atoms with Crippen molar-refractivity contribution in [3.8, 4) is 0 Å². The number of nitrogens with zero attached hydrogens (tertiary/aromatic N) is 1. The molecule has 1 aromatic carbocycles. The molecule has 0 aliphatic rings. The first-order chi connectivity index (χ1) is 9.19. The minimum Gasteiger partial charge on any atom is -0.347 e. The van der Waals surface area contributed by atoms with Crippen LogP contribution in [0.1, 0.15) is 25.2 Å². The molecule has 1 heterocycles. The maximum atomic E-state index is 11.9. The number of benzene rings is 1. The second kappa shape index (κ2) is 6.38. The molecule has 0 radical (unpaired) electrons. The minimum atomic E-state index is -0.245. The van der Waals surface area contributed by atoms with Gasteiger partial charge in [-0.1, -0.05) is 22.9 Å². The van der Waals surface area contributed by atoms with E-state index in [1.54, 1.807) is 12.4 Å². The third kappa shape index (κ3) is 3.82. The topological polar surface area (TPSA) is 69.8 Å². The molecule has 0 saturated carbocycles. The first-order valence-electron chi connectivity index (χ1n) is 6.01. The lowest BCUT2D eigenvalue weighted by Crippen LogP contribution is -2.32. The van der Waals surface area contributed by atoms with Gasteiger partial charge >= 0.3 is 6.03 Å². The van der Waals surface area contributed by atoms with Crippen LogP contribution >= 0.6 is 15.9 Å². The molecule has 3 N–H and O–H groups in total. The fourth-order valence-corrected chi connectivity index (χ4v) is 1.95. The molecular weight excluding hydrogens is 308 g/mol. The van der Waals surface area contributed by atoms with E-state index >= 15 is 0 Å². The summed E-state index contributed by atoms with van der Waals surface area (Å²) < 4.78 is 0.973. The van der Waals surface area contributed by atoms with Gasteiger partial charge in [-0.25, -0.2) is 9.78 Å². The molecule has 19 heavy (non-hydrogen) atoms. The van der Waals surface area contributed by atoms with Crippen LogP contribution in [-0.4, -0.2) is 16.0 Å². The Morgan fingerprint density at radius 3 is 2.74 bits per heavy atom. The Bertz CT molecular complexity index is 524. The van der Waals surface area contributed by atoms with Gasteiger partial charge in [0.05, 0.1) is 6.04 Å². The highest BCUT2D eigenvalue weighted by Crippen LogP contribution is 2.15. The van der Waals surface area contributed by atoms with Gasteiger partial charge in [-0.05, 0) is 30.7 Å². The zero-order valence-electron chi connectivity index (χ0n) is 10.5. The van der Waals surface area contributed by atoms with E-state index in [0.29, 0.717) is 0 Å². The van der Waals surface area contributed by atoms with Crippen LogP contribution in [0.15, 0.2) is 41.1 Å². The number of H-pyrrole nitrogens is 1. The highest BCUT2D eigenvalue weighted by Gasteiger charge is 2.14. The molecule has 2 rings (SSSR count). The molecule has 0 unspecified atom stereocenters. The average Bonchev–Trinajstić information content (AvgIpc) is 2.92. The van der Waals surface area contributed by atoms with E-state index in [2.05, 4.69) is 36.5 Å². The van der Waals surface area contributed by atoms with Gasteiger partial charge < -0.3 is 15.6 Å². The van der Waals surface area contributed by atoms with Crippen LogP contribution in [0.2, 0.25) is 0 Å². The van der Waals surface area contributed by atoms with Gasteiger partial charge in [-0.2, -0.15) is 0 Å². The standard InChI is InChI=1S/C13H15BrN4O/c1-2-11(12-15-7-8-16-12)18-13(19)17-10-5-3-9(14)4-6-10/h3-8,11H,2H2,1H3,(H,15,16)(H2,17,18,19)/t11-/m0/s1. The van der Waals surface area contributed by atoms with Gasteiger partial charge in [0.15, 0.2) is 0 Å². The van der Waals surface area contributed by atoms with Crippen LogP contribution in [0.5, 0.6) is 0 Å². The zero-order valence-corrected chi connectivity index (χ0v) is 12.1. The lowest BCUT2D eigenvalue weighted by atomic mass is 10.2. The second-order valence-electron chi connectivity index (χ2n) is 4.04. The second-order valence-corrected chi connectivity index (χ2v) is 4.96. The van der Waals surface area contributed by atoms with Crippen LogP contribution in [0.4, 0.5) is 10.5 Å². The smallest absolute Gasteiger partial charge is 0.319 e. The Labute approximate surface area is 120 Å². The molecule has 1 atom stereocenters. The summed E-state index contributed by atoms with van der Waals surface area (Å²) in [6.07, 6.45) is 4.18. The third-order valence-corrected chi connectivity index (χ3v) is 3.19. The highest BCUT2D eigenvalue weighted by atomic mass is 79.9. The maximum absolute atomic E-state index is 11.9. The summed E-state index contributed by atoms with van der Waals surface area (Å²) in [4.78, 5) is 19.0. The monoisotopic (exact) mass is 322 g/mol. The number of nitrogens with one attached hydrogen (secondary N) is 3. The fraction of sp³-hybridized carbons (Fsp3) is 0.231. The summed E-state index contributed by atoms with van der Waals surface area (Å²) in [5, 5.41) is 5.66. The predicted molar refractivity (Wildman–Crippen MR) is 77.9 cm³/mol. The molecule has 0 saturated heterocycles. The maximum Gasteiger partial charge on any atom is 0.319 e. The van der Waals surface area contributed by atoms with Crippen LogP contribution < -0.4 is 10.6 Å². The number of imidazole rings is 1. The first-order valence-corrected chi connectivity index (χ1v) is 6.80. The average molecular weight is 323 g/mol. The van der Waals surface area contributed by atoms with Crippen molar-refractivity contribution in [1.82, 2.24) is 15.3 Å². The Kier molecular flexibility index (Phi) is 4.57. The molecule has 1 aromatic heterocycles. The summed E-state index contributed by atoms with van der Waals surface area (Å²) in [6, 6.07) is 7.05. The van der Waals surface area contributed by atoms with Gasteiger partial charge in [0, 0.05) is 22.6 Å². The Balaban J connectivity index is 1.95. The Hall–Kier alpha value is -1.82. The molecule has 0 aliphatic carbocycles. The molecule has 0 bridgehead atoms. The van der Waals surface area contributed by atoms with Gasteiger partial charge in [-0.15, -0.1) is 0 Å². The number of carbonyl (C=O) groups excluding carboxylic acids is 1. The van der Waals surface area contributed by atoms with Crippen molar-refractivity contribution < 1.29 is 4.79 Å². The van der Waals surface area contributed by atoms with Crippen LogP contribution in [0.25, 0.3) is 0 Å². The number of aromatic amines is 1. The summed E-state index contributed by atoms with van der Waals surface area (Å²) in [7, 11) is 0. The van der Waals surface area contributed by atoms with Gasteiger partial charge in [0.25, 0.3) is 0 Å². The number of anilines is 1. The molecule has 2 aromatic rings. The highest BCUT2D eigenvalue weighted by molar-refractivity contribution is 9.10. The zero-order chi connectivity index (χ0) is 13.7. The van der Waals surface area contributed by atoms with Gasteiger partial charge in [-0.3, -0.25) is 0 Å². The summed E-state index contributed by atoms with van der Waals surface area (Å²) >= 11 is 3.35. The lowest BCUT2D eigenvalue weighted by molar-refractivity contribution is 0.247. The number of hydrogen-bond donors (Lipinski definition) is 3. The number of halogens is 1. The molecule has 0 spiro atoms. The van der Waals surface area contributed by atoms with Crippen molar-refractivity contribution in [2.45, 2.75) is 19.4 Å². The number of aromatic nitrogens is 2. The molecule has 0 aliphatic heterocycles. The first kappa shape index (κ1) is 13.6. The van der Waals surface area contributed by atoms with Crippen molar-refractivity contribution in [1.29, 1.82) is 0 Å². The summed E-state index contributed by atoms with van der Waals surface area (Å²) in [5.74, 6) is 0.758. The van der Waals surface area contributed by atoms with E-state index in [9.17, 15) is 4.79 Å². The van der Waals surface area contributed by atoms with Gasteiger partial charge in [0.1, 0.15) is 5.82 Å². The molecule has 100 valence electrons. The third-order valence-electron chi connectivity index (χ3n) is 2.67. The van der Waals surface area contributed by atoms with Crippen LogP contribution in [0.3, 0.4) is 0 Å². The van der Waals surface area contributed by atoms with E-state index in [1.807, 2.05) is 31.2 Å². The molecule has 0 fully saturated rings. The van der Waals surface area contributed by atoms with Crippen LogP contribution in [0, 0.1) is 0 Å². The number of rotatable bonds is 4. The van der Waals surface area contributed by atoms with E-state index in [0.717, 1.165) is 22.4 Å². The van der Waals surface area contributed by atoms with Gasteiger partial charge in [0.2, 0.25) is 0 Å². The quantitative estimate of drug-likeness (QED) is 0.806. The van der Waals surface area contributed by atoms with Crippen molar-refractivity contribution in [3.63, 3.8) is 0 Å². The number of hydrogen-bond acceptors (Lipinski definition) is 2. The number of carbonyl (C=O) groups is 1.